The van der Waals surface area contributed by atoms with Crippen molar-refractivity contribution in [1.29, 1.82) is 0 Å². The Bertz CT molecular complexity index is 484. The lowest BCUT2D eigenvalue weighted by molar-refractivity contribution is 0.0499. The number of hydrogen-bond donors (Lipinski definition) is 3. The fourth-order valence-electron chi connectivity index (χ4n) is 3.19. The lowest BCUT2D eigenvalue weighted by Gasteiger charge is -2.25. The van der Waals surface area contributed by atoms with Gasteiger partial charge in [0.1, 0.15) is 0 Å². The van der Waals surface area contributed by atoms with Crippen LogP contribution >= 0.6 is 0 Å². The second-order valence-electron chi connectivity index (χ2n) is 6.91. The molecule has 0 aliphatic heterocycles. The molecule has 0 spiro atoms. The smallest absolute Gasteiger partial charge is 0.315 e. The molecule has 2 rings (SSSR count). The highest BCUT2D eigenvalue weighted by Crippen LogP contribution is 2.28. The minimum atomic E-state index is -0.714. The first kappa shape index (κ1) is 17.8. The number of rotatable bonds is 7. The number of nitrogens with zero attached hydrogens (tertiary/aromatic N) is 1. The summed E-state index contributed by atoms with van der Waals surface area (Å²) in [6.45, 7) is 1.10. The van der Waals surface area contributed by atoms with Gasteiger partial charge in [-0.25, -0.2) is 4.79 Å². The molecule has 1 aromatic rings. The van der Waals surface area contributed by atoms with Crippen molar-refractivity contribution < 1.29 is 9.90 Å². The highest BCUT2D eigenvalue weighted by Gasteiger charge is 2.31. The van der Waals surface area contributed by atoms with Gasteiger partial charge in [0.15, 0.2) is 0 Å². The third kappa shape index (κ3) is 6.20. The number of carbonyl (C=O) groups is 1. The number of nitrogens with one attached hydrogen (secondary N) is 2. The summed E-state index contributed by atoms with van der Waals surface area (Å²) in [6, 6.07) is 9.99. The third-order valence-corrected chi connectivity index (χ3v) is 4.36. The van der Waals surface area contributed by atoms with Crippen LogP contribution in [0.15, 0.2) is 30.3 Å². The molecule has 1 atom stereocenters. The number of amides is 2. The van der Waals surface area contributed by atoms with Crippen molar-refractivity contribution in [2.45, 2.75) is 43.7 Å². The Balaban J connectivity index is 1.85. The van der Waals surface area contributed by atoms with Gasteiger partial charge in [0.05, 0.1) is 5.60 Å². The van der Waals surface area contributed by atoms with Crippen LogP contribution in [-0.4, -0.2) is 54.9 Å². The van der Waals surface area contributed by atoms with E-state index in [2.05, 4.69) is 27.7 Å². The van der Waals surface area contributed by atoms with Gasteiger partial charge in [0.2, 0.25) is 0 Å². The van der Waals surface area contributed by atoms with Crippen LogP contribution in [0.4, 0.5) is 4.79 Å². The van der Waals surface area contributed by atoms with Crippen molar-refractivity contribution in [2.24, 2.45) is 0 Å². The maximum atomic E-state index is 12.2. The first-order valence-corrected chi connectivity index (χ1v) is 8.42. The first-order chi connectivity index (χ1) is 11.0. The summed E-state index contributed by atoms with van der Waals surface area (Å²) in [5.74, 6) is 0. The highest BCUT2D eigenvalue weighted by molar-refractivity contribution is 5.74. The Morgan fingerprint density at radius 1 is 1.26 bits per heavy atom. The normalized spacial score (nSPS) is 17.9. The van der Waals surface area contributed by atoms with Crippen LogP contribution in [0.5, 0.6) is 0 Å². The minimum absolute atomic E-state index is 0.0330. The molecule has 2 amide bonds. The molecule has 5 nitrogen and oxygen atoms in total. The molecule has 0 heterocycles. The number of carbonyl (C=O) groups excluding carboxylic acids is 1. The lowest BCUT2D eigenvalue weighted by Crippen LogP contribution is -2.50. The number of urea groups is 1. The summed E-state index contributed by atoms with van der Waals surface area (Å²) in [5.41, 5.74) is 0.488. The van der Waals surface area contributed by atoms with Crippen molar-refractivity contribution in [3.05, 3.63) is 35.9 Å². The van der Waals surface area contributed by atoms with E-state index < -0.39 is 5.60 Å². The fraction of sp³-hybridized carbons (Fsp3) is 0.611. The number of aliphatic hydroxyl groups is 1. The van der Waals surface area contributed by atoms with E-state index in [-0.39, 0.29) is 12.1 Å². The molecule has 0 saturated heterocycles. The van der Waals surface area contributed by atoms with Gasteiger partial charge in [0, 0.05) is 19.1 Å². The van der Waals surface area contributed by atoms with E-state index >= 15 is 0 Å². The standard InChI is InChI=1S/C18H29N3O2/c1-21(2)13-16(12-15-8-4-3-5-9-15)20-17(22)19-14-18(23)10-6-7-11-18/h3-5,8-9,16,23H,6-7,10-14H2,1-2H3,(H2,19,20,22). The van der Waals surface area contributed by atoms with Gasteiger partial charge in [-0.2, -0.15) is 0 Å². The summed E-state index contributed by atoms with van der Waals surface area (Å²) in [5, 5.41) is 16.2. The maximum absolute atomic E-state index is 12.2. The molecule has 1 fully saturated rings. The minimum Gasteiger partial charge on any atom is -0.388 e. The topological polar surface area (TPSA) is 64.6 Å². The van der Waals surface area contributed by atoms with Crippen molar-refractivity contribution in [3.63, 3.8) is 0 Å². The largest absolute Gasteiger partial charge is 0.388 e. The summed E-state index contributed by atoms with van der Waals surface area (Å²) in [6.07, 6.45) is 4.42. The second kappa shape index (κ2) is 8.31. The predicted molar refractivity (Wildman–Crippen MR) is 92.4 cm³/mol. The SMILES string of the molecule is CN(C)CC(Cc1ccccc1)NC(=O)NCC1(O)CCCC1. The molecular formula is C18H29N3O2. The Labute approximate surface area is 139 Å². The van der Waals surface area contributed by atoms with Crippen molar-refractivity contribution in [2.75, 3.05) is 27.2 Å². The van der Waals surface area contributed by atoms with Crippen molar-refractivity contribution in [3.8, 4) is 0 Å². The van der Waals surface area contributed by atoms with Gasteiger partial charge < -0.3 is 20.6 Å². The molecule has 0 radical (unpaired) electrons. The van der Waals surface area contributed by atoms with Gasteiger partial charge in [0.25, 0.3) is 0 Å². The summed E-state index contributed by atoms with van der Waals surface area (Å²) < 4.78 is 0. The zero-order valence-corrected chi connectivity index (χ0v) is 14.2. The van der Waals surface area contributed by atoms with Crippen LogP contribution in [0.25, 0.3) is 0 Å². The summed E-state index contributed by atoms with van der Waals surface area (Å²) in [4.78, 5) is 14.2. The molecule has 0 aromatic heterocycles. The van der Waals surface area contributed by atoms with E-state index in [4.69, 9.17) is 0 Å². The van der Waals surface area contributed by atoms with Gasteiger partial charge >= 0.3 is 6.03 Å². The van der Waals surface area contributed by atoms with E-state index in [0.717, 1.165) is 38.6 Å². The lowest BCUT2D eigenvalue weighted by atomic mass is 10.0. The highest BCUT2D eigenvalue weighted by atomic mass is 16.3. The van der Waals surface area contributed by atoms with Crippen LogP contribution in [0.2, 0.25) is 0 Å². The van der Waals surface area contributed by atoms with Crippen molar-refractivity contribution >= 4 is 6.03 Å². The van der Waals surface area contributed by atoms with E-state index in [0.29, 0.717) is 6.54 Å². The van der Waals surface area contributed by atoms with E-state index in [1.54, 1.807) is 0 Å². The molecule has 1 aliphatic rings. The quantitative estimate of drug-likeness (QED) is 0.717. The fourth-order valence-corrected chi connectivity index (χ4v) is 3.19. The number of likely N-dealkylation sites (N-methyl/N-ethyl adjacent to an activating group) is 1. The maximum Gasteiger partial charge on any atom is 0.315 e. The molecule has 0 bridgehead atoms. The first-order valence-electron chi connectivity index (χ1n) is 8.42. The Kier molecular flexibility index (Phi) is 6.42. The van der Waals surface area contributed by atoms with Gasteiger partial charge in [-0.05, 0) is 38.9 Å². The Morgan fingerprint density at radius 2 is 1.91 bits per heavy atom. The van der Waals surface area contributed by atoms with Crippen LogP contribution in [0.3, 0.4) is 0 Å². The second-order valence-corrected chi connectivity index (χ2v) is 6.91. The molecule has 1 aromatic carbocycles. The average molecular weight is 319 g/mol. The zero-order chi connectivity index (χ0) is 16.7. The van der Waals surface area contributed by atoms with Gasteiger partial charge in [-0.15, -0.1) is 0 Å². The molecule has 1 aliphatic carbocycles. The third-order valence-electron chi connectivity index (χ3n) is 4.36. The monoisotopic (exact) mass is 319 g/mol. The van der Waals surface area contributed by atoms with E-state index in [1.165, 1.54) is 5.56 Å². The van der Waals surface area contributed by atoms with Gasteiger partial charge in [-0.3, -0.25) is 0 Å². The molecule has 23 heavy (non-hydrogen) atoms. The van der Waals surface area contributed by atoms with E-state index in [9.17, 15) is 9.90 Å². The van der Waals surface area contributed by atoms with Crippen LogP contribution < -0.4 is 10.6 Å². The molecule has 1 saturated carbocycles. The van der Waals surface area contributed by atoms with Crippen LogP contribution in [-0.2, 0) is 6.42 Å². The molecule has 1 unspecified atom stereocenters. The predicted octanol–water partition coefficient (Wildman–Crippen LogP) is 1.76. The number of hydrogen-bond acceptors (Lipinski definition) is 3. The summed E-state index contributed by atoms with van der Waals surface area (Å²) >= 11 is 0. The van der Waals surface area contributed by atoms with Crippen LogP contribution in [0.1, 0.15) is 31.2 Å². The zero-order valence-electron chi connectivity index (χ0n) is 14.2. The Hall–Kier alpha value is -1.59. The molecule has 128 valence electrons. The molecule has 5 heteroatoms. The van der Waals surface area contributed by atoms with Crippen LogP contribution in [0, 0.1) is 0 Å². The summed E-state index contributed by atoms with van der Waals surface area (Å²) in [7, 11) is 4.00. The average Bonchev–Trinajstić information content (AvgIpc) is 2.93. The van der Waals surface area contributed by atoms with Gasteiger partial charge in [-0.1, -0.05) is 43.2 Å². The molecular weight excluding hydrogens is 290 g/mol. The molecule has 3 N–H and O–H groups in total. The van der Waals surface area contributed by atoms with E-state index in [1.807, 2.05) is 32.3 Å². The number of benzene rings is 1. The van der Waals surface area contributed by atoms with Crippen molar-refractivity contribution in [1.82, 2.24) is 15.5 Å². The Morgan fingerprint density at radius 3 is 2.52 bits per heavy atom.